The fourth-order valence-electron chi connectivity index (χ4n) is 1.25. The van der Waals surface area contributed by atoms with Crippen LogP contribution in [0.4, 0.5) is 0 Å². The molecule has 2 N–H and O–H groups in total. The highest BCUT2D eigenvalue weighted by atomic mass is 16.6. The van der Waals surface area contributed by atoms with E-state index in [0.29, 0.717) is 0 Å². The quantitative estimate of drug-likeness (QED) is 0.758. The Labute approximate surface area is 103 Å². The van der Waals surface area contributed by atoms with Crippen molar-refractivity contribution in [3.63, 3.8) is 0 Å². The molecule has 96 valence electrons. The number of rotatable bonds is 5. The van der Waals surface area contributed by atoms with Gasteiger partial charge < -0.3 is 14.9 Å². The van der Waals surface area contributed by atoms with Gasteiger partial charge in [-0.1, -0.05) is 18.2 Å². The molecule has 0 fully saturated rings. The van der Waals surface area contributed by atoms with Gasteiger partial charge in [-0.25, -0.2) is 9.59 Å². The van der Waals surface area contributed by atoms with Gasteiger partial charge in [0.15, 0.2) is 0 Å². The lowest BCUT2D eigenvalue weighted by molar-refractivity contribution is -0.158. The van der Waals surface area contributed by atoms with Gasteiger partial charge in [-0.05, 0) is 19.1 Å². The van der Waals surface area contributed by atoms with E-state index in [1.54, 1.807) is 18.2 Å². The monoisotopic (exact) mass is 252 g/mol. The lowest BCUT2D eigenvalue weighted by atomic mass is 10.1. The smallest absolute Gasteiger partial charge is 0.345 e. The molecule has 0 bridgehead atoms. The molecule has 0 radical (unpaired) electrons. The first-order valence-corrected chi connectivity index (χ1v) is 5.15. The van der Waals surface area contributed by atoms with E-state index in [0.717, 1.165) is 0 Å². The highest BCUT2D eigenvalue weighted by Crippen LogP contribution is 2.12. The molecule has 0 saturated heterocycles. The van der Waals surface area contributed by atoms with E-state index >= 15 is 0 Å². The maximum Gasteiger partial charge on any atom is 0.345 e. The topological polar surface area (TPSA) is 101 Å². The highest BCUT2D eigenvalue weighted by molar-refractivity contribution is 5.92. The maximum atomic E-state index is 11.6. The summed E-state index contributed by atoms with van der Waals surface area (Å²) in [6.45, 7) is 1.17. The molecular weight excluding hydrogens is 240 g/mol. The molecule has 1 aromatic rings. The first-order valence-electron chi connectivity index (χ1n) is 5.15. The van der Waals surface area contributed by atoms with Crippen LogP contribution in [0.2, 0.25) is 0 Å². The van der Waals surface area contributed by atoms with Crippen LogP contribution >= 0.6 is 0 Å². The molecule has 18 heavy (non-hydrogen) atoms. The standard InChI is InChI=1S/C12H12O6/c1-7(10(13)14)9(11(15)16)18-12(17)8-5-3-2-4-6-8/h2-7,9H,1H3,(H,13,14)(H,15,16)/t7-,9-/m0/s1. The van der Waals surface area contributed by atoms with Gasteiger partial charge in [-0.3, -0.25) is 4.79 Å². The Morgan fingerprint density at radius 1 is 1.06 bits per heavy atom. The minimum Gasteiger partial charge on any atom is -0.481 e. The van der Waals surface area contributed by atoms with E-state index in [2.05, 4.69) is 0 Å². The van der Waals surface area contributed by atoms with Crippen LogP contribution < -0.4 is 0 Å². The minimum atomic E-state index is -1.71. The third kappa shape index (κ3) is 3.31. The largest absolute Gasteiger partial charge is 0.481 e. The van der Waals surface area contributed by atoms with E-state index < -0.39 is 29.9 Å². The van der Waals surface area contributed by atoms with Gasteiger partial charge in [0.25, 0.3) is 0 Å². The van der Waals surface area contributed by atoms with Crippen LogP contribution in [0, 0.1) is 5.92 Å². The molecule has 0 aliphatic rings. The fraction of sp³-hybridized carbons (Fsp3) is 0.250. The zero-order valence-electron chi connectivity index (χ0n) is 9.57. The molecular formula is C12H12O6. The highest BCUT2D eigenvalue weighted by Gasteiger charge is 2.33. The molecule has 1 aromatic carbocycles. The van der Waals surface area contributed by atoms with E-state index in [1.165, 1.54) is 19.1 Å². The molecule has 1 rings (SSSR count). The molecule has 0 aliphatic carbocycles. The van der Waals surface area contributed by atoms with Gasteiger partial charge in [0.2, 0.25) is 6.10 Å². The number of ether oxygens (including phenoxy) is 1. The molecule has 0 saturated carbocycles. The van der Waals surface area contributed by atoms with Gasteiger partial charge in [-0.15, -0.1) is 0 Å². The molecule has 6 heteroatoms. The first kappa shape index (κ1) is 13.7. The number of esters is 1. The summed E-state index contributed by atoms with van der Waals surface area (Å²) in [6, 6.07) is 7.77. The normalized spacial score (nSPS) is 13.4. The average Bonchev–Trinajstić information content (AvgIpc) is 2.35. The molecule has 0 spiro atoms. The van der Waals surface area contributed by atoms with Crippen molar-refractivity contribution in [3.8, 4) is 0 Å². The summed E-state index contributed by atoms with van der Waals surface area (Å²) in [5.74, 6) is -5.02. The Hall–Kier alpha value is -2.37. The van der Waals surface area contributed by atoms with E-state index in [-0.39, 0.29) is 5.56 Å². The second kappa shape index (κ2) is 5.81. The molecule has 6 nitrogen and oxygen atoms in total. The number of carboxylic acids is 2. The second-order valence-corrected chi connectivity index (χ2v) is 3.66. The van der Waals surface area contributed by atoms with Crippen molar-refractivity contribution in [2.45, 2.75) is 13.0 Å². The first-order chi connectivity index (χ1) is 8.43. The van der Waals surface area contributed by atoms with Gasteiger partial charge in [0.1, 0.15) is 5.92 Å². The Balaban J connectivity index is 2.83. The van der Waals surface area contributed by atoms with Crippen molar-refractivity contribution in [2.24, 2.45) is 5.92 Å². The summed E-state index contributed by atoms with van der Waals surface area (Å²) < 4.78 is 4.70. The number of aliphatic carboxylic acids is 2. The Morgan fingerprint density at radius 2 is 1.61 bits per heavy atom. The molecule has 0 heterocycles. The van der Waals surface area contributed by atoms with Crippen molar-refractivity contribution < 1.29 is 29.3 Å². The number of carboxylic acid groups (broad SMARTS) is 2. The predicted molar refractivity (Wildman–Crippen MR) is 60.1 cm³/mol. The van der Waals surface area contributed by atoms with Crippen molar-refractivity contribution in [3.05, 3.63) is 35.9 Å². The third-order valence-corrected chi connectivity index (χ3v) is 2.33. The van der Waals surface area contributed by atoms with E-state index in [9.17, 15) is 14.4 Å². The van der Waals surface area contributed by atoms with E-state index in [1.807, 2.05) is 0 Å². The van der Waals surface area contributed by atoms with Crippen LogP contribution in [0.25, 0.3) is 0 Å². The number of hydrogen-bond acceptors (Lipinski definition) is 4. The Bertz CT molecular complexity index is 453. The molecule has 0 amide bonds. The van der Waals surface area contributed by atoms with Gasteiger partial charge in [-0.2, -0.15) is 0 Å². The van der Waals surface area contributed by atoms with Crippen LogP contribution in [-0.2, 0) is 14.3 Å². The summed E-state index contributed by atoms with van der Waals surface area (Å²) in [7, 11) is 0. The number of hydrogen-bond donors (Lipinski definition) is 2. The molecule has 0 aliphatic heterocycles. The lowest BCUT2D eigenvalue weighted by Crippen LogP contribution is -2.37. The summed E-state index contributed by atoms with van der Waals surface area (Å²) >= 11 is 0. The number of carbonyl (C=O) groups is 3. The third-order valence-electron chi connectivity index (χ3n) is 2.33. The zero-order valence-corrected chi connectivity index (χ0v) is 9.57. The van der Waals surface area contributed by atoms with Crippen molar-refractivity contribution in [1.29, 1.82) is 0 Å². The van der Waals surface area contributed by atoms with Crippen LogP contribution in [0.3, 0.4) is 0 Å². The summed E-state index contributed by atoms with van der Waals surface area (Å²) in [4.78, 5) is 33.2. The number of benzene rings is 1. The predicted octanol–water partition coefficient (Wildman–Crippen LogP) is 1.02. The van der Waals surface area contributed by atoms with Gasteiger partial charge in [0, 0.05) is 0 Å². The molecule has 0 aromatic heterocycles. The number of carbonyl (C=O) groups excluding carboxylic acids is 1. The van der Waals surface area contributed by atoms with Crippen molar-refractivity contribution >= 4 is 17.9 Å². The SMILES string of the molecule is C[C@H](C(=O)O)[C@H](OC(=O)c1ccccc1)C(=O)O. The van der Waals surface area contributed by atoms with E-state index in [4.69, 9.17) is 14.9 Å². The Kier molecular flexibility index (Phi) is 4.42. The summed E-state index contributed by atoms with van der Waals surface area (Å²) in [5.41, 5.74) is 0.168. The van der Waals surface area contributed by atoms with Crippen LogP contribution in [-0.4, -0.2) is 34.2 Å². The average molecular weight is 252 g/mol. The van der Waals surface area contributed by atoms with Crippen LogP contribution in [0.15, 0.2) is 30.3 Å². The van der Waals surface area contributed by atoms with Crippen molar-refractivity contribution in [1.82, 2.24) is 0 Å². The second-order valence-electron chi connectivity index (χ2n) is 3.66. The van der Waals surface area contributed by atoms with Gasteiger partial charge >= 0.3 is 17.9 Å². The van der Waals surface area contributed by atoms with Crippen LogP contribution in [0.1, 0.15) is 17.3 Å². The van der Waals surface area contributed by atoms with Gasteiger partial charge in [0.05, 0.1) is 5.56 Å². The molecule has 0 unspecified atom stereocenters. The van der Waals surface area contributed by atoms with Crippen LogP contribution in [0.5, 0.6) is 0 Å². The molecule has 2 atom stereocenters. The maximum absolute atomic E-state index is 11.6. The summed E-state index contributed by atoms with van der Waals surface area (Å²) in [5, 5.41) is 17.6. The Morgan fingerprint density at radius 3 is 2.06 bits per heavy atom. The zero-order chi connectivity index (χ0) is 13.7. The summed E-state index contributed by atoms with van der Waals surface area (Å²) in [6.07, 6.45) is -1.71. The fourth-order valence-corrected chi connectivity index (χ4v) is 1.25. The van der Waals surface area contributed by atoms with Crippen molar-refractivity contribution in [2.75, 3.05) is 0 Å². The minimum absolute atomic E-state index is 0.168. The lowest BCUT2D eigenvalue weighted by Gasteiger charge is -2.17.